The molecule has 0 bridgehead atoms. The molecule has 7 nitrogen and oxygen atoms in total. The maximum Gasteiger partial charge on any atom is 0.270 e. The van der Waals surface area contributed by atoms with Crippen molar-refractivity contribution in [3.05, 3.63) is 68.8 Å². The molecule has 0 atom stereocenters. The van der Waals surface area contributed by atoms with Crippen molar-refractivity contribution < 1.29 is 19.6 Å². The molecule has 2 aromatic rings. The van der Waals surface area contributed by atoms with E-state index in [2.05, 4.69) is 5.32 Å². The average molecular weight is 313 g/mol. The number of non-ortho nitro benzene ring substituents is 1. The maximum absolute atomic E-state index is 12.4. The Morgan fingerprint density at radius 2 is 1.65 bits per heavy atom. The monoisotopic (exact) mass is 313 g/mol. The van der Waals surface area contributed by atoms with Gasteiger partial charge in [0.1, 0.15) is 0 Å². The van der Waals surface area contributed by atoms with Gasteiger partial charge in [-0.3, -0.25) is 14.9 Å². The Morgan fingerprint density at radius 3 is 2.17 bits per heavy atom. The van der Waals surface area contributed by atoms with E-state index in [4.69, 9.17) is 0 Å². The number of nitro groups is 1. The first kappa shape index (κ1) is 16.2. The van der Waals surface area contributed by atoms with Gasteiger partial charge in [-0.1, -0.05) is 18.2 Å². The van der Waals surface area contributed by atoms with Crippen molar-refractivity contribution in [2.75, 3.05) is 5.32 Å². The van der Waals surface area contributed by atoms with Crippen LogP contribution in [0.25, 0.3) is 0 Å². The second-order valence-corrected chi connectivity index (χ2v) is 5.00. The van der Waals surface area contributed by atoms with E-state index in [1.807, 2.05) is 6.07 Å². The lowest BCUT2D eigenvalue weighted by Gasteiger charge is -2.14. The van der Waals surface area contributed by atoms with Crippen molar-refractivity contribution in [3.8, 4) is 0 Å². The first-order chi connectivity index (χ1) is 10.8. The quantitative estimate of drug-likeness (QED) is 0.683. The Balaban J connectivity index is 2.47. The molecule has 0 spiro atoms. The molecular formula is C16H13N2O5-. The molecule has 118 valence electrons. The molecule has 0 aliphatic carbocycles. The topological polar surface area (TPSA) is 112 Å². The van der Waals surface area contributed by atoms with E-state index in [0.717, 1.165) is 29.3 Å². The van der Waals surface area contributed by atoms with E-state index in [1.54, 1.807) is 26.0 Å². The van der Waals surface area contributed by atoms with E-state index in [0.29, 0.717) is 5.69 Å². The molecule has 0 heterocycles. The van der Waals surface area contributed by atoms with Gasteiger partial charge in [-0.15, -0.1) is 0 Å². The number of carbonyl (C=O) groups excluding carboxylic acids is 2. The van der Waals surface area contributed by atoms with Crippen LogP contribution in [0, 0.1) is 24.0 Å². The molecular weight excluding hydrogens is 300 g/mol. The largest absolute Gasteiger partial charge is 0.545 e. The zero-order valence-corrected chi connectivity index (χ0v) is 12.5. The van der Waals surface area contributed by atoms with Crippen LogP contribution < -0.4 is 10.4 Å². The summed E-state index contributed by atoms with van der Waals surface area (Å²) < 4.78 is 0. The highest BCUT2D eigenvalue weighted by Crippen LogP contribution is 2.23. The fraction of sp³-hybridized carbons (Fsp3) is 0.125. The van der Waals surface area contributed by atoms with E-state index < -0.39 is 22.4 Å². The van der Waals surface area contributed by atoms with Gasteiger partial charge in [0, 0.05) is 23.4 Å². The predicted octanol–water partition coefficient (Wildman–Crippen LogP) is 1.83. The van der Waals surface area contributed by atoms with Crippen LogP contribution in [0.1, 0.15) is 31.8 Å². The van der Waals surface area contributed by atoms with E-state index in [9.17, 15) is 24.8 Å². The minimum absolute atomic E-state index is 0.318. The number of carboxylic acid groups (broad SMARTS) is 1. The van der Waals surface area contributed by atoms with Gasteiger partial charge in [-0.05, 0) is 31.0 Å². The normalized spacial score (nSPS) is 10.2. The number of rotatable bonds is 4. The number of nitro benzene ring substituents is 1. The molecule has 0 saturated carbocycles. The highest BCUT2D eigenvalue weighted by atomic mass is 16.6. The van der Waals surface area contributed by atoms with Crippen LogP contribution in [0.5, 0.6) is 0 Å². The second-order valence-electron chi connectivity index (χ2n) is 5.00. The number of amides is 1. The molecule has 1 amide bonds. The Bertz CT molecular complexity index is 794. The number of nitrogens with one attached hydrogen (secondary N) is 1. The predicted molar refractivity (Wildman–Crippen MR) is 81.3 cm³/mol. The van der Waals surface area contributed by atoms with Crippen LogP contribution in [-0.4, -0.2) is 16.8 Å². The van der Waals surface area contributed by atoms with Gasteiger partial charge in [0.25, 0.3) is 11.6 Å². The van der Waals surface area contributed by atoms with Crippen LogP contribution in [0.3, 0.4) is 0 Å². The number of hydrogen-bond acceptors (Lipinski definition) is 5. The SMILES string of the molecule is Cc1cccc(C)c1NC(=O)c1cc([N+](=O)[O-])ccc1C(=O)[O-]. The summed E-state index contributed by atoms with van der Waals surface area (Å²) in [5.41, 5.74) is 1.02. The second kappa shape index (κ2) is 6.27. The highest BCUT2D eigenvalue weighted by molar-refractivity contribution is 6.11. The zero-order valence-electron chi connectivity index (χ0n) is 12.5. The van der Waals surface area contributed by atoms with E-state index in [1.165, 1.54) is 0 Å². The summed E-state index contributed by atoms with van der Waals surface area (Å²) in [6.45, 7) is 3.57. The molecule has 1 N–H and O–H groups in total. The Kier molecular flexibility index (Phi) is 4.40. The van der Waals surface area contributed by atoms with Gasteiger partial charge in [-0.25, -0.2) is 0 Å². The summed E-state index contributed by atoms with van der Waals surface area (Å²) in [5.74, 6) is -2.32. The number of hydrogen-bond donors (Lipinski definition) is 1. The van der Waals surface area contributed by atoms with Crippen molar-refractivity contribution in [2.24, 2.45) is 0 Å². The van der Waals surface area contributed by atoms with Gasteiger partial charge in [0.15, 0.2) is 0 Å². The summed E-state index contributed by atoms with van der Waals surface area (Å²) in [7, 11) is 0. The molecule has 2 aromatic carbocycles. The third-order valence-electron chi connectivity index (χ3n) is 3.40. The third-order valence-corrected chi connectivity index (χ3v) is 3.40. The average Bonchev–Trinajstić information content (AvgIpc) is 2.50. The van der Waals surface area contributed by atoms with Gasteiger partial charge < -0.3 is 15.2 Å². The molecule has 0 radical (unpaired) electrons. The van der Waals surface area contributed by atoms with Crippen molar-refractivity contribution in [2.45, 2.75) is 13.8 Å². The molecule has 2 rings (SSSR count). The molecule has 0 saturated heterocycles. The van der Waals surface area contributed by atoms with Crippen LogP contribution in [0.15, 0.2) is 36.4 Å². The maximum atomic E-state index is 12.4. The molecule has 7 heteroatoms. The summed E-state index contributed by atoms with van der Waals surface area (Å²) in [6, 6.07) is 8.33. The lowest BCUT2D eigenvalue weighted by atomic mass is 10.0. The fourth-order valence-electron chi connectivity index (χ4n) is 2.20. The lowest BCUT2D eigenvalue weighted by molar-refractivity contribution is -0.384. The van der Waals surface area contributed by atoms with Gasteiger partial charge >= 0.3 is 0 Å². The third kappa shape index (κ3) is 3.34. The van der Waals surface area contributed by atoms with Crippen molar-refractivity contribution in [1.29, 1.82) is 0 Å². The van der Waals surface area contributed by atoms with Crippen molar-refractivity contribution >= 4 is 23.3 Å². The number of aryl methyl sites for hydroxylation is 2. The summed E-state index contributed by atoms with van der Waals surface area (Å²) >= 11 is 0. The molecule has 0 aliphatic rings. The smallest absolute Gasteiger partial charge is 0.270 e. The van der Waals surface area contributed by atoms with Crippen LogP contribution >= 0.6 is 0 Å². The standard InChI is InChI=1S/C16H14N2O5/c1-9-4-3-5-10(2)14(9)17-15(19)13-8-11(18(22)23)6-7-12(13)16(20)21/h3-8H,1-2H3,(H,17,19)(H,20,21)/p-1. The Labute approximate surface area is 131 Å². The number of carboxylic acids is 1. The summed E-state index contributed by atoms with van der Waals surface area (Å²) in [6.07, 6.45) is 0. The van der Waals surface area contributed by atoms with Crippen molar-refractivity contribution in [3.63, 3.8) is 0 Å². The lowest BCUT2D eigenvalue weighted by Crippen LogP contribution is -2.26. The number of para-hydroxylation sites is 1. The molecule has 0 fully saturated rings. The summed E-state index contributed by atoms with van der Waals surface area (Å²) in [4.78, 5) is 33.7. The fourth-order valence-corrected chi connectivity index (χ4v) is 2.20. The molecule has 0 unspecified atom stereocenters. The van der Waals surface area contributed by atoms with Gasteiger partial charge in [0.2, 0.25) is 0 Å². The van der Waals surface area contributed by atoms with Crippen LogP contribution in [0.4, 0.5) is 11.4 Å². The first-order valence-electron chi connectivity index (χ1n) is 6.68. The molecule has 0 aliphatic heterocycles. The van der Waals surface area contributed by atoms with E-state index >= 15 is 0 Å². The Hall–Kier alpha value is -3.22. The molecule has 23 heavy (non-hydrogen) atoms. The number of anilines is 1. The minimum atomic E-state index is -1.58. The van der Waals surface area contributed by atoms with Gasteiger partial charge in [-0.2, -0.15) is 0 Å². The van der Waals surface area contributed by atoms with Crippen LogP contribution in [0.2, 0.25) is 0 Å². The summed E-state index contributed by atoms with van der Waals surface area (Å²) in [5, 5.41) is 24.6. The van der Waals surface area contributed by atoms with E-state index in [-0.39, 0.29) is 11.3 Å². The molecule has 0 aromatic heterocycles. The minimum Gasteiger partial charge on any atom is -0.545 e. The Morgan fingerprint density at radius 1 is 1.04 bits per heavy atom. The highest BCUT2D eigenvalue weighted by Gasteiger charge is 2.18. The number of nitrogens with zero attached hydrogens (tertiary/aromatic N) is 1. The number of aromatic carboxylic acids is 1. The first-order valence-corrected chi connectivity index (χ1v) is 6.68. The van der Waals surface area contributed by atoms with Crippen molar-refractivity contribution in [1.82, 2.24) is 0 Å². The number of carbonyl (C=O) groups is 2. The van der Waals surface area contributed by atoms with Gasteiger partial charge in [0.05, 0.1) is 16.5 Å². The number of benzene rings is 2. The zero-order chi connectivity index (χ0) is 17.1. The van der Waals surface area contributed by atoms with Crippen LogP contribution in [-0.2, 0) is 0 Å².